The summed E-state index contributed by atoms with van der Waals surface area (Å²) in [6, 6.07) is 12.7. The van der Waals surface area contributed by atoms with Crippen molar-refractivity contribution >= 4 is 15.9 Å². The fraction of sp³-hybridized carbons (Fsp3) is 0.333. The Morgan fingerprint density at radius 2 is 1.86 bits per heavy atom. The van der Waals surface area contributed by atoms with Crippen molar-refractivity contribution in [1.29, 1.82) is 0 Å². The molecule has 0 saturated heterocycles. The quantitative estimate of drug-likeness (QED) is 0.767. The standard InChI is InChI=1S/C18H22BrNO/c1-5-20-14(4)15-7-9-18(17(19)11-15)21-16-8-6-12(2)13(3)10-16/h6-11,14,20H,5H2,1-4H3. The molecular weight excluding hydrogens is 326 g/mol. The summed E-state index contributed by atoms with van der Waals surface area (Å²) >= 11 is 3.60. The fourth-order valence-electron chi connectivity index (χ4n) is 2.20. The Hall–Kier alpha value is -1.32. The average molecular weight is 348 g/mol. The van der Waals surface area contributed by atoms with Crippen LogP contribution in [0.5, 0.6) is 11.5 Å². The lowest BCUT2D eigenvalue weighted by Gasteiger charge is -2.15. The van der Waals surface area contributed by atoms with E-state index in [1.54, 1.807) is 0 Å². The summed E-state index contributed by atoms with van der Waals surface area (Å²) in [7, 11) is 0. The lowest BCUT2D eigenvalue weighted by atomic mass is 10.1. The Bertz CT molecular complexity index is 625. The molecule has 0 aliphatic heterocycles. The lowest BCUT2D eigenvalue weighted by Crippen LogP contribution is -2.17. The molecule has 2 nitrogen and oxygen atoms in total. The molecule has 2 rings (SSSR count). The summed E-state index contributed by atoms with van der Waals surface area (Å²) in [6.45, 7) is 9.43. The zero-order valence-corrected chi connectivity index (χ0v) is 14.6. The predicted octanol–water partition coefficient (Wildman–Crippen LogP) is 5.53. The van der Waals surface area contributed by atoms with Gasteiger partial charge in [0, 0.05) is 6.04 Å². The van der Waals surface area contributed by atoms with E-state index in [9.17, 15) is 0 Å². The van der Waals surface area contributed by atoms with E-state index >= 15 is 0 Å². The molecule has 112 valence electrons. The van der Waals surface area contributed by atoms with Gasteiger partial charge in [-0.05, 0) is 84.2 Å². The van der Waals surface area contributed by atoms with Crippen molar-refractivity contribution in [3.63, 3.8) is 0 Å². The Balaban J connectivity index is 2.19. The number of nitrogens with one attached hydrogen (secondary N) is 1. The molecule has 2 aromatic carbocycles. The molecule has 1 N–H and O–H groups in total. The van der Waals surface area contributed by atoms with Gasteiger partial charge in [-0.1, -0.05) is 19.1 Å². The minimum absolute atomic E-state index is 0.335. The summed E-state index contributed by atoms with van der Waals surface area (Å²) < 4.78 is 6.95. The number of aryl methyl sites for hydroxylation is 2. The lowest BCUT2D eigenvalue weighted by molar-refractivity contribution is 0.478. The second-order valence-corrected chi connectivity index (χ2v) is 6.17. The molecule has 3 heteroatoms. The third-order valence-electron chi connectivity index (χ3n) is 3.67. The van der Waals surface area contributed by atoms with E-state index in [4.69, 9.17) is 4.74 Å². The van der Waals surface area contributed by atoms with Gasteiger partial charge in [0.1, 0.15) is 11.5 Å². The van der Waals surface area contributed by atoms with E-state index in [0.717, 1.165) is 22.5 Å². The number of hydrogen-bond donors (Lipinski definition) is 1. The number of rotatable bonds is 5. The van der Waals surface area contributed by atoms with Crippen LogP contribution in [0.15, 0.2) is 40.9 Å². The highest BCUT2D eigenvalue weighted by Crippen LogP contribution is 2.32. The number of halogens is 1. The van der Waals surface area contributed by atoms with Crippen LogP contribution in [0.3, 0.4) is 0 Å². The van der Waals surface area contributed by atoms with Crippen LogP contribution in [-0.4, -0.2) is 6.54 Å². The summed E-state index contributed by atoms with van der Waals surface area (Å²) in [5, 5.41) is 3.41. The average Bonchev–Trinajstić information content (AvgIpc) is 2.45. The highest BCUT2D eigenvalue weighted by atomic mass is 79.9. The van der Waals surface area contributed by atoms with Crippen LogP contribution < -0.4 is 10.1 Å². The van der Waals surface area contributed by atoms with E-state index in [2.05, 4.69) is 73.2 Å². The van der Waals surface area contributed by atoms with E-state index in [-0.39, 0.29) is 0 Å². The van der Waals surface area contributed by atoms with Crippen molar-refractivity contribution in [2.45, 2.75) is 33.7 Å². The molecule has 0 aromatic heterocycles. The Morgan fingerprint density at radius 3 is 2.48 bits per heavy atom. The molecule has 1 unspecified atom stereocenters. The third kappa shape index (κ3) is 4.08. The molecule has 0 aliphatic rings. The maximum Gasteiger partial charge on any atom is 0.141 e. The molecule has 0 bridgehead atoms. The maximum absolute atomic E-state index is 5.97. The van der Waals surface area contributed by atoms with Gasteiger partial charge >= 0.3 is 0 Å². The molecule has 2 aromatic rings. The molecule has 0 saturated carbocycles. The van der Waals surface area contributed by atoms with Crippen molar-refractivity contribution in [3.05, 3.63) is 57.6 Å². The van der Waals surface area contributed by atoms with Crippen LogP contribution in [0.1, 0.15) is 36.6 Å². The van der Waals surface area contributed by atoms with Crippen LogP contribution >= 0.6 is 15.9 Å². The summed E-state index contributed by atoms with van der Waals surface area (Å²) in [5.74, 6) is 1.71. The van der Waals surface area contributed by atoms with Crippen molar-refractivity contribution in [1.82, 2.24) is 5.32 Å². The largest absolute Gasteiger partial charge is 0.456 e. The first-order chi connectivity index (χ1) is 10.0. The van der Waals surface area contributed by atoms with Gasteiger partial charge in [-0.15, -0.1) is 0 Å². The van der Waals surface area contributed by atoms with Crippen molar-refractivity contribution in [2.24, 2.45) is 0 Å². The second kappa shape index (κ2) is 7.10. The first-order valence-corrected chi connectivity index (χ1v) is 8.08. The van der Waals surface area contributed by atoms with Crippen molar-refractivity contribution in [3.8, 4) is 11.5 Å². The summed E-state index contributed by atoms with van der Waals surface area (Å²) in [4.78, 5) is 0. The predicted molar refractivity (Wildman–Crippen MR) is 92.2 cm³/mol. The van der Waals surface area contributed by atoms with Gasteiger partial charge in [0.15, 0.2) is 0 Å². The summed E-state index contributed by atoms with van der Waals surface area (Å²) in [5.41, 5.74) is 3.76. The van der Waals surface area contributed by atoms with Crippen LogP contribution in [0.4, 0.5) is 0 Å². The molecule has 0 heterocycles. The van der Waals surface area contributed by atoms with E-state index in [0.29, 0.717) is 6.04 Å². The van der Waals surface area contributed by atoms with E-state index in [1.807, 2.05) is 12.1 Å². The zero-order valence-electron chi connectivity index (χ0n) is 13.0. The molecule has 0 fully saturated rings. The number of ether oxygens (including phenoxy) is 1. The van der Waals surface area contributed by atoms with E-state index in [1.165, 1.54) is 16.7 Å². The first kappa shape index (κ1) is 16.1. The molecule has 0 radical (unpaired) electrons. The second-order valence-electron chi connectivity index (χ2n) is 5.32. The zero-order chi connectivity index (χ0) is 15.4. The number of benzene rings is 2. The van der Waals surface area contributed by atoms with Gasteiger partial charge in [0.2, 0.25) is 0 Å². The smallest absolute Gasteiger partial charge is 0.141 e. The van der Waals surface area contributed by atoms with Gasteiger partial charge in [0.05, 0.1) is 4.47 Å². The van der Waals surface area contributed by atoms with Crippen LogP contribution in [0.2, 0.25) is 0 Å². The monoisotopic (exact) mass is 347 g/mol. The van der Waals surface area contributed by atoms with Crippen molar-refractivity contribution in [2.75, 3.05) is 6.54 Å². The normalized spacial score (nSPS) is 12.2. The van der Waals surface area contributed by atoms with Crippen LogP contribution in [-0.2, 0) is 0 Å². The molecule has 1 atom stereocenters. The van der Waals surface area contributed by atoms with Gasteiger partial charge in [-0.25, -0.2) is 0 Å². The van der Waals surface area contributed by atoms with Gasteiger partial charge in [0.25, 0.3) is 0 Å². The highest BCUT2D eigenvalue weighted by Gasteiger charge is 2.09. The first-order valence-electron chi connectivity index (χ1n) is 7.29. The molecular formula is C18H22BrNO. The van der Waals surface area contributed by atoms with E-state index < -0.39 is 0 Å². The number of hydrogen-bond acceptors (Lipinski definition) is 2. The van der Waals surface area contributed by atoms with Gasteiger partial charge < -0.3 is 10.1 Å². The molecule has 0 aliphatic carbocycles. The molecule has 0 spiro atoms. The maximum atomic E-state index is 5.97. The van der Waals surface area contributed by atoms with Crippen molar-refractivity contribution < 1.29 is 4.74 Å². The molecule has 21 heavy (non-hydrogen) atoms. The van der Waals surface area contributed by atoms with Gasteiger partial charge in [-0.3, -0.25) is 0 Å². The minimum atomic E-state index is 0.335. The highest BCUT2D eigenvalue weighted by molar-refractivity contribution is 9.10. The topological polar surface area (TPSA) is 21.3 Å². The van der Waals surface area contributed by atoms with Crippen LogP contribution in [0, 0.1) is 13.8 Å². The fourth-order valence-corrected chi connectivity index (χ4v) is 2.68. The molecule has 0 amide bonds. The SMILES string of the molecule is CCNC(C)c1ccc(Oc2ccc(C)c(C)c2)c(Br)c1. The van der Waals surface area contributed by atoms with Crippen LogP contribution in [0.25, 0.3) is 0 Å². The Kier molecular flexibility index (Phi) is 5.43. The Morgan fingerprint density at radius 1 is 1.10 bits per heavy atom. The van der Waals surface area contributed by atoms with Gasteiger partial charge in [-0.2, -0.15) is 0 Å². The Labute approximate surface area is 135 Å². The minimum Gasteiger partial charge on any atom is -0.456 e. The third-order valence-corrected chi connectivity index (χ3v) is 4.29. The summed E-state index contributed by atoms with van der Waals surface area (Å²) in [6.07, 6.45) is 0.